The van der Waals surface area contributed by atoms with E-state index in [1.807, 2.05) is 30.3 Å². The summed E-state index contributed by atoms with van der Waals surface area (Å²) < 4.78 is 32.8. The molecule has 1 aromatic heterocycles. The number of nitrogens with zero attached hydrogens (tertiary/aromatic N) is 1. The maximum atomic E-state index is 12.8. The van der Waals surface area contributed by atoms with Gasteiger partial charge in [0.05, 0.1) is 13.2 Å². The highest BCUT2D eigenvalue weighted by atomic mass is 32.2. The van der Waals surface area contributed by atoms with Gasteiger partial charge in [-0.25, -0.2) is 17.9 Å². The van der Waals surface area contributed by atoms with E-state index in [0.29, 0.717) is 17.9 Å². The van der Waals surface area contributed by atoms with Crippen molar-refractivity contribution in [1.29, 1.82) is 0 Å². The van der Waals surface area contributed by atoms with Crippen molar-refractivity contribution in [2.45, 2.75) is 32.2 Å². The predicted molar refractivity (Wildman–Crippen MR) is 104 cm³/mol. The minimum absolute atomic E-state index is 0.0445. The van der Waals surface area contributed by atoms with Crippen LogP contribution in [0, 0.1) is 13.8 Å². The maximum Gasteiger partial charge on any atom is 0.341 e. The lowest BCUT2D eigenvalue weighted by Gasteiger charge is -2.18. The Labute approximate surface area is 164 Å². The summed E-state index contributed by atoms with van der Waals surface area (Å²) in [5.41, 5.74) is 1.59. The van der Waals surface area contributed by atoms with Crippen molar-refractivity contribution in [3.63, 3.8) is 0 Å². The Bertz CT molecular complexity index is 951. The molecule has 0 aliphatic rings. The number of aromatic nitrogens is 1. The average molecular weight is 407 g/mol. The molecule has 0 saturated carbocycles. The molecule has 0 saturated heterocycles. The number of H-pyrrole nitrogens is 1. The molecule has 2 N–H and O–H groups in total. The quantitative estimate of drug-likeness (QED) is 0.648. The highest BCUT2D eigenvalue weighted by Crippen LogP contribution is 2.24. The third-order valence-electron chi connectivity index (χ3n) is 4.17. The average Bonchev–Trinajstić information content (AvgIpc) is 2.95. The summed E-state index contributed by atoms with van der Waals surface area (Å²) in [5, 5.41) is 0. The van der Waals surface area contributed by atoms with Crippen LogP contribution in [0.1, 0.15) is 34.2 Å². The molecule has 152 valence electrons. The van der Waals surface area contributed by atoms with E-state index in [9.17, 15) is 18.0 Å². The molecule has 1 amide bonds. The lowest BCUT2D eigenvalue weighted by atomic mass is 10.2. The molecule has 0 spiro atoms. The Hall–Kier alpha value is -2.65. The molecular formula is C19H25N3O5S. The molecule has 0 aliphatic carbocycles. The highest BCUT2D eigenvalue weighted by Gasteiger charge is 2.30. The van der Waals surface area contributed by atoms with E-state index >= 15 is 0 Å². The number of aromatic amines is 1. The Balaban J connectivity index is 2.14. The number of likely N-dealkylation sites (N-methyl/N-ethyl adjacent to an activating group) is 1. The number of nitrogens with one attached hydrogen (secondary N) is 2. The number of hydrogen-bond donors (Lipinski definition) is 2. The van der Waals surface area contributed by atoms with Gasteiger partial charge in [0.15, 0.2) is 0 Å². The predicted octanol–water partition coefficient (Wildman–Crippen LogP) is 1.75. The molecule has 1 heterocycles. The standard InChI is InChI=1S/C19H25N3O5S/c1-5-27-19(24)17-13(2)21-14(3)18(17)28(25,26)20-11-16(23)22(4)12-15-9-7-6-8-10-15/h6-10,20-21H,5,11-12H2,1-4H3. The third-order valence-corrected chi connectivity index (χ3v) is 5.74. The molecule has 0 fully saturated rings. The zero-order valence-electron chi connectivity index (χ0n) is 16.4. The van der Waals surface area contributed by atoms with Crippen LogP contribution in [0.5, 0.6) is 0 Å². The van der Waals surface area contributed by atoms with Gasteiger partial charge in [0.25, 0.3) is 0 Å². The molecule has 2 rings (SSSR count). The molecule has 9 heteroatoms. The number of aryl methyl sites for hydroxylation is 2. The van der Waals surface area contributed by atoms with Crippen molar-refractivity contribution >= 4 is 21.9 Å². The molecule has 2 aromatic rings. The fraction of sp³-hybridized carbons (Fsp3) is 0.368. The maximum absolute atomic E-state index is 12.8. The summed E-state index contributed by atoms with van der Waals surface area (Å²) in [6.45, 7) is 4.85. The number of ether oxygens (including phenoxy) is 1. The van der Waals surface area contributed by atoms with Crippen LogP contribution in [0.15, 0.2) is 35.2 Å². The molecule has 0 bridgehead atoms. The van der Waals surface area contributed by atoms with Crippen molar-refractivity contribution in [2.75, 3.05) is 20.2 Å². The summed E-state index contributed by atoms with van der Waals surface area (Å²) in [7, 11) is -2.50. The molecule has 0 unspecified atom stereocenters. The van der Waals surface area contributed by atoms with Gasteiger partial charge in [0.2, 0.25) is 15.9 Å². The van der Waals surface area contributed by atoms with Crippen molar-refractivity contribution in [3.05, 3.63) is 52.8 Å². The number of benzene rings is 1. The van der Waals surface area contributed by atoms with Crippen LogP contribution < -0.4 is 4.72 Å². The topological polar surface area (TPSA) is 109 Å². The lowest BCUT2D eigenvalue weighted by Crippen LogP contribution is -2.38. The van der Waals surface area contributed by atoms with Crippen LogP contribution in [0.3, 0.4) is 0 Å². The lowest BCUT2D eigenvalue weighted by molar-refractivity contribution is -0.129. The Morgan fingerprint density at radius 2 is 1.79 bits per heavy atom. The van der Waals surface area contributed by atoms with E-state index in [4.69, 9.17) is 4.74 Å². The smallest absolute Gasteiger partial charge is 0.341 e. The number of rotatable bonds is 8. The first-order chi connectivity index (χ1) is 13.2. The van der Waals surface area contributed by atoms with E-state index in [-0.39, 0.29) is 17.1 Å². The van der Waals surface area contributed by atoms with Gasteiger partial charge < -0.3 is 14.6 Å². The van der Waals surface area contributed by atoms with E-state index in [0.717, 1.165) is 5.56 Å². The number of carbonyl (C=O) groups excluding carboxylic acids is 2. The minimum atomic E-state index is -4.10. The van der Waals surface area contributed by atoms with Crippen LogP contribution in [0.2, 0.25) is 0 Å². The second-order valence-electron chi connectivity index (χ2n) is 6.36. The zero-order chi connectivity index (χ0) is 20.9. The van der Waals surface area contributed by atoms with E-state index in [1.54, 1.807) is 27.8 Å². The summed E-state index contributed by atoms with van der Waals surface area (Å²) in [6, 6.07) is 9.37. The molecule has 8 nitrogen and oxygen atoms in total. The van der Waals surface area contributed by atoms with Gasteiger partial charge in [-0.15, -0.1) is 0 Å². The molecule has 0 aliphatic heterocycles. The van der Waals surface area contributed by atoms with Gasteiger partial charge >= 0.3 is 5.97 Å². The number of esters is 1. The Morgan fingerprint density at radius 3 is 2.39 bits per heavy atom. The van der Waals surface area contributed by atoms with Crippen LogP contribution >= 0.6 is 0 Å². The van der Waals surface area contributed by atoms with Gasteiger partial charge in [-0.1, -0.05) is 30.3 Å². The first-order valence-electron chi connectivity index (χ1n) is 8.81. The first kappa shape index (κ1) is 21.6. The summed E-state index contributed by atoms with van der Waals surface area (Å²) >= 11 is 0. The van der Waals surface area contributed by atoms with Gasteiger partial charge in [-0.05, 0) is 26.3 Å². The minimum Gasteiger partial charge on any atom is -0.462 e. The summed E-state index contributed by atoms with van der Waals surface area (Å²) in [5.74, 6) is -1.12. The monoisotopic (exact) mass is 407 g/mol. The SMILES string of the molecule is CCOC(=O)c1c(C)[nH]c(C)c1S(=O)(=O)NCC(=O)N(C)Cc1ccccc1. The number of hydrogen-bond acceptors (Lipinski definition) is 5. The Morgan fingerprint density at radius 1 is 1.14 bits per heavy atom. The van der Waals surface area contributed by atoms with Crippen LogP contribution in [-0.4, -0.2) is 50.4 Å². The second kappa shape index (κ2) is 9.03. The van der Waals surface area contributed by atoms with E-state index in [1.165, 1.54) is 4.90 Å². The molecule has 0 radical (unpaired) electrons. The largest absolute Gasteiger partial charge is 0.462 e. The molecule has 28 heavy (non-hydrogen) atoms. The van der Waals surface area contributed by atoms with Gasteiger partial charge in [-0.2, -0.15) is 0 Å². The van der Waals surface area contributed by atoms with E-state index < -0.39 is 28.4 Å². The van der Waals surface area contributed by atoms with Gasteiger partial charge in [0, 0.05) is 25.0 Å². The molecule has 1 aromatic carbocycles. The number of amides is 1. The third kappa shape index (κ3) is 4.99. The van der Waals surface area contributed by atoms with Crippen molar-refractivity contribution in [3.8, 4) is 0 Å². The normalized spacial score (nSPS) is 11.3. The van der Waals surface area contributed by atoms with E-state index in [2.05, 4.69) is 9.71 Å². The number of sulfonamides is 1. The summed E-state index contributed by atoms with van der Waals surface area (Å²) in [4.78, 5) is 28.6. The second-order valence-corrected chi connectivity index (χ2v) is 8.06. The van der Waals surface area contributed by atoms with Gasteiger partial charge in [-0.3, -0.25) is 4.79 Å². The van der Waals surface area contributed by atoms with Crippen LogP contribution in [-0.2, 0) is 26.1 Å². The van der Waals surface area contributed by atoms with Crippen LogP contribution in [0.25, 0.3) is 0 Å². The van der Waals surface area contributed by atoms with Crippen molar-refractivity contribution < 1.29 is 22.7 Å². The zero-order valence-corrected chi connectivity index (χ0v) is 17.2. The highest BCUT2D eigenvalue weighted by molar-refractivity contribution is 7.89. The van der Waals surface area contributed by atoms with Crippen molar-refractivity contribution in [1.82, 2.24) is 14.6 Å². The Kier molecular flexibility index (Phi) is 6.98. The summed E-state index contributed by atoms with van der Waals surface area (Å²) in [6.07, 6.45) is 0. The van der Waals surface area contributed by atoms with Crippen LogP contribution in [0.4, 0.5) is 0 Å². The fourth-order valence-electron chi connectivity index (χ4n) is 2.85. The van der Waals surface area contributed by atoms with Crippen molar-refractivity contribution in [2.24, 2.45) is 0 Å². The number of carbonyl (C=O) groups is 2. The molecular weight excluding hydrogens is 382 g/mol. The molecule has 0 atom stereocenters. The van der Waals surface area contributed by atoms with Gasteiger partial charge in [0.1, 0.15) is 10.5 Å². The fourth-order valence-corrected chi connectivity index (χ4v) is 4.27. The first-order valence-corrected chi connectivity index (χ1v) is 10.3.